The molecule has 5 rings (SSSR count). The fraction of sp³-hybridized carbons (Fsp3) is 0.423. The van der Waals surface area contributed by atoms with E-state index in [0.29, 0.717) is 31.2 Å². The number of aromatic amines is 1. The molecule has 0 aliphatic carbocycles. The number of hydrogen-bond donors (Lipinski definition) is 1. The quantitative estimate of drug-likeness (QED) is 0.368. The van der Waals surface area contributed by atoms with Gasteiger partial charge in [0.15, 0.2) is 5.82 Å². The number of carbonyl (C=O) groups excluding carboxylic acids is 1. The molecule has 1 aliphatic rings. The highest BCUT2D eigenvalue weighted by Crippen LogP contribution is 2.24. The largest absolute Gasteiger partial charge is 0.444 e. The van der Waals surface area contributed by atoms with E-state index in [9.17, 15) is 4.79 Å². The fourth-order valence-electron chi connectivity index (χ4n) is 4.27. The fourth-order valence-corrected chi connectivity index (χ4v) is 4.61. The van der Waals surface area contributed by atoms with Gasteiger partial charge < -0.3 is 19.1 Å². The number of fused-ring (bicyclic) bond motifs is 1. The minimum absolute atomic E-state index is 0.246. The predicted molar refractivity (Wildman–Crippen MR) is 142 cm³/mol. The van der Waals surface area contributed by atoms with Gasteiger partial charge in [0.2, 0.25) is 0 Å². The molecule has 0 saturated carbocycles. The van der Waals surface area contributed by atoms with Gasteiger partial charge in [-0.15, -0.1) is 0 Å². The maximum atomic E-state index is 12.4. The van der Waals surface area contributed by atoms with Gasteiger partial charge in [0.1, 0.15) is 11.4 Å². The molecule has 4 heterocycles. The van der Waals surface area contributed by atoms with Gasteiger partial charge in [-0.25, -0.2) is 9.78 Å². The first kappa shape index (κ1) is 25.3. The molecule has 4 aromatic rings. The summed E-state index contributed by atoms with van der Waals surface area (Å²) >= 11 is 3.65. The lowest BCUT2D eigenvalue weighted by atomic mass is 10.1. The second-order valence-electron chi connectivity index (χ2n) is 10.2. The van der Waals surface area contributed by atoms with Crippen LogP contribution in [-0.2, 0) is 17.7 Å². The summed E-state index contributed by atoms with van der Waals surface area (Å²) in [6, 6.07) is 7.96. The predicted octanol–water partition coefficient (Wildman–Crippen LogP) is 4.72. The molecule has 10 nitrogen and oxygen atoms in total. The van der Waals surface area contributed by atoms with Crippen LogP contribution in [0, 0.1) is 6.92 Å². The first-order valence-electron chi connectivity index (χ1n) is 12.3. The number of nitrogens with zero attached hydrogens (tertiary/aromatic N) is 6. The number of amides is 1. The van der Waals surface area contributed by atoms with Crippen LogP contribution in [0.15, 0.2) is 39.5 Å². The van der Waals surface area contributed by atoms with E-state index in [1.54, 1.807) is 11.8 Å². The topological polar surface area (TPSA) is 113 Å². The summed E-state index contributed by atoms with van der Waals surface area (Å²) in [5.41, 5.74) is 4.22. The Balaban J connectivity index is 1.23. The molecule has 1 fully saturated rings. The molecule has 1 aliphatic heterocycles. The molecule has 0 unspecified atom stereocenters. The van der Waals surface area contributed by atoms with Gasteiger partial charge >= 0.3 is 6.09 Å². The van der Waals surface area contributed by atoms with E-state index >= 15 is 0 Å². The molecule has 0 radical (unpaired) electrons. The van der Waals surface area contributed by atoms with Crippen molar-refractivity contribution in [3.63, 3.8) is 0 Å². The molecule has 3 aromatic heterocycles. The Morgan fingerprint density at radius 2 is 1.95 bits per heavy atom. The summed E-state index contributed by atoms with van der Waals surface area (Å²) in [4.78, 5) is 33.5. The van der Waals surface area contributed by atoms with E-state index < -0.39 is 5.60 Å². The molecular weight excluding hydrogens is 538 g/mol. The molecule has 0 spiro atoms. The van der Waals surface area contributed by atoms with E-state index in [2.05, 4.69) is 47.0 Å². The number of aryl methyl sites for hydroxylation is 1. The van der Waals surface area contributed by atoms with Crippen molar-refractivity contribution >= 4 is 33.1 Å². The molecule has 1 aromatic carbocycles. The lowest BCUT2D eigenvalue weighted by Gasteiger charge is -2.35. The second-order valence-corrected chi connectivity index (χ2v) is 11.1. The van der Waals surface area contributed by atoms with Crippen molar-refractivity contribution in [1.82, 2.24) is 34.9 Å². The summed E-state index contributed by atoms with van der Waals surface area (Å²) in [7, 11) is 0. The number of ether oxygens (including phenoxy) is 1. The first-order valence-corrected chi connectivity index (χ1v) is 13.1. The van der Waals surface area contributed by atoms with Gasteiger partial charge in [0, 0.05) is 61.1 Å². The lowest BCUT2D eigenvalue weighted by Crippen LogP contribution is -2.49. The average molecular weight is 568 g/mol. The van der Waals surface area contributed by atoms with E-state index in [0.717, 1.165) is 57.8 Å². The highest BCUT2D eigenvalue weighted by molar-refractivity contribution is 9.10. The standard InChI is InChI=1S/C26H30BrN7O3/c1-16-29-24(37-32-16)17-5-6-21-22(12-17)31-23(30-21)13-19-11-18(20(27)14-28-19)15-33-7-9-34(10-8-33)25(35)36-26(2,3)4/h5-6,11-12,14H,7-10,13,15H2,1-4H3,(H,30,31). The smallest absolute Gasteiger partial charge is 0.410 e. The summed E-state index contributed by atoms with van der Waals surface area (Å²) in [5.74, 6) is 1.92. The number of piperazine rings is 1. The van der Waals surface area contributed by atoms with E-state index in [-0.39, 0.29) is 6.09 Å². The molecule has 37 heavy (non-hydrogen) atoms. The molecule has 0 atom stereocenters. The van der Waals surface area contributed by atoms with Crippen molar-refractivity contribution in [3.05, 3.63) is 57.8 Å². The van der Waals surface area contributed by atoms with Crippen LogP contribution in [0.2, 0.25) is 0 Å². The maximum Gasteiger partial charge on any atom is 0.410 e. The summed E-state index contributed by atoms with van der Waals surface area (Å²) in [5, 5.41) is 3.86. The Morgan fingerprint density at radius 1 is 1.16 bits per heavy atom. The number of carbonyl (C=O) groups is 1. The number of nitrogens with one attached hydrogen (secondary N) is 1. The van der Waals surface area contributed by atoms with Crippen LogP contribution in [0.1, 0.15) is 43.7 Å². The summed E-state index contributed by atoms with van der Waals surface area (Å²) in [6.07, 6.45) is 2.18. The zero-order valence-corrected chi connectivity index (χ0v) is 23.0. The van der Waals surface area contributed by atoms with Gasteiger partial charge in [0.25, 0.3) is 5.89 Å². The second kappa shape index (κ2) is 10.2. The van der Waals surface area contributed by atoms with Crippen molar-refractivity contribution in [1.29, 1.82) is 0 Å². The first-order chi connectivity index (χ1) is 17.6. The Bertz CT molecular complexity index is 1420. The minimum atomic E-state index is -0.484. The van der Waals surface area contributed by atoms with Crippen LogP contribution in [0.3, 0.4) is 0 Å². The molecule has 1 saturated heterocycles. The number of H-pyrrole nitrogens is 1. The number of pyridine rings is 1. The number of benzene rings is 1. The monoisotopic (exact) mass is 567 g/mol. The minimum Gasteiger partial charge on any atom is -0.444 e. The number of hydrogen-bond acceptors (Lipinski definition) is 8. The summed E-state index contributed by atoms with van der Waals surface area (Å²) < 4.78 is 11.8. The number of rotatable bonds is 5. The number of halogens is 1. The van der Waals surface area contributed by atoms with E-state index in [4.69, 9.17) is 14.2 Å². The maximum absolute atomic E-state index is 12.4. The zero-order chi connectivity index (χ0) is 26.2. The van der Waals surface area contributed by atoms with Crippen molar-refractivity contribution in [2.45, 2.75) is 46.3 Å². The van der Waals surface area contributed by atoms with E-state index in [1.807, 2.05) is 45.2 Å². The van der Waals surface area contributed by atoms with Crippen LogP contribution in [0.25, 0.3) is 22.5 Å². The Kier molecular flexibility index (Phi) is 7.00. The van der Waals surface area contributed by atoms with Crippen molar-refractivity contribution in [3.8, 4) is 11.5 Å². The van der Waals surface area contributed by atoms with Gasteiger partial charge in [0.05, 0.1) is 11.0 Å². The third-order valence-electron chi connectivity index (χ3n) is 6.06. The Morgan fingerprint density at radius 3 is 2.65 bits per heavy atom. The molecule has 194 valence electrons. The third kappa shape index (κ3) is 6.16. The molecule has 11 heteroatoms. The lowest BCUT2D eigenvalue weighted by molar-refractivity contribution is 0.0139. The van der Waals surface area contributed by atoms with E-state index in [1.165, 1.54) is 0 Å². The SMILES string of the molecule is Cc1noc(-c2ccc3nc(Cc4cc(CN5CCN(C(=O)OC(C)(C)C)CC5)c(Br)cn4)[nH]c3c2)n1. The highest BCUT2D eigenvalue weighted by Gasteiger charge is 2.26. The summed E-state index contributed by atoms with van der Waals surface area (Å²) in [6.45, 7) is 11.1. The Hall–Kier alpha value is -3.31. The van der Waals surface area contributed by atoms with Gasteiger partial charge in [-0.2, -0.15) is 4.98 Å². The molecular formula is C26H30BrN7O3. The average Bonchev–Trinajstić information content (AvgIpc) is 3.45. The Labute approximate surface area is 223 Å². The van der Waals surface area contributed by atoms with Crippen molar-refractivity contribution in [2.24, 2.45) is 0 Å². The van der Waals surface area contributed by atoms with Crippen LogP contribution >= 0.6 is 15.9 Å². The molecule has 1 N–H and O–H groups in total. The van der Waals surface area contributed by atoms with Gasteiger partial charge in [-0.05, 0) is 73.5 Å². The highest BCUT2D eigenvalue weighted by atomic mass is 79.9. The normalized spacial score (nSPS) is 14.9. The van der Waals surface area contributed by atoms with Crippen LogP contribution in [-0.4, -0.2) is 72.8 Å². The van der Waals surface area contributed by atoms with Gasteiger partial charge in [-0.1, -0.05) is 5.16 Å². The van der Waals surface area contributed by atoms with Crippen LogP contribution in [0.5, 0.6) is 0 Å². The van der Waals surface area contributed by atoms with Crippen molar-refractivity contribution in [2.75, 3.05) is 26.2 Å². The third-order valence-corrected chi connectivity index (χ3v) is 6.78. The zero-order valence-electron chi connectivity index (χ0n) is 21.4. The van der Waals surface area contributed by atoms with Crippen molar-refractivity contribution < 1.29 is 14.1 Å². The number of imidazole rings is 1. The molecule has 1 amide bonds. The molecule has 0 bridgehead atoms. The number of aromatic nitrogens is 5. The van der Waals surface area contributed by atoms with Crippen LogP contribution in [0.4, 0.5) is 4.79 Å². The van der Waals surface area contributed by atoms with Gasteiger partial charge in [-0.3, -0.25) is 9.88 Å². The van der Waals surface area contributed by atoms with Crippen LogP contribution < -0.4 is 0 Å².